The molecule has 9 heteroatoms. The third kappa shape index (κ3) is 4.30. The number of ether oxygens (including phenoxy) is 1. The number of rotatable bonds is 5. The summed E-state index contributed by atoms with van der Waals surface area (Å²) in [5.41, 5.74) is 1.38. The molecule has 0 amide bonds. The van der Waals surface area contributed by atoms with Gasteiger partial charge in [0.1, 0.15) is 5.82 Å². The molecule has 8 nitrogen and oxygen atoms in total. The maximum absolute atomic E-state index is 13.2. The fraction of sp³-hybridized carbons (Fsp3) is 0.421. The van der Waals surface area contributed by atoms with Gasteiger partial charge in [0, 0.05) is 26.2 Å². The van der Waals surface area contributed by atoms with Crippen molar-refractivity contribution in [3.8, 4) is 5.69 Å². The summed E-state index contributed by atoms with van der Waals surface area (Å²) in [6.45, 7) is 5.05. The summed E-state index contributed by atoms with van der Waals surface area (Å²) in [6.07, 6.45) is -0.0924. The zero-order chi connectivity index (χ0) is 20.3. The van der Waals surface area contributed by atoms with Gasteiger partial charge >= 0.3 is 5.97 Å². The molecule has 0 saturated carbocycles. The lowest BCUT2D eigenvalue weighted by molar-refractivity contribution is -0.139. The number of likely N-dealkylation sites (N-methyl/N-ethyl adjacent to an activating group) is 1. The smallest absolute Gasteiger partial charge is 0.311 e. The molecular weight excluding hydrogens is 365 g/mol. The minimum atomic E-state index is -0.471. The third-order valence-corrected chi connectivity index (χ3v) is 4.73. The van der Waals surface area contributed by atoms with Crippen molar-refractivity contribution >= 4 is 11.7 Å². The molecule has 3 rings (SSSR count). The Kier molecular flexibility index (Phi) is 5.93. The minimum Gasteiger partial charge on any atom is -0.469 e. The van der Waals surface area contributed by atoms with E-state index < -0.39 is 11.8 Å². The molecule has 2 aromatic rings. The van der Waals surface area contributed by atoms with Crippen molar-refractivity contribution in [3.63, 3.8) is 0 Å². The number of aromatic amines is 1. The van der Waals surface area contributed by atoms with Crippen LogP contribution in [-0.4, -0.2) is 71.7 Å². The van der Waals surface area contributed by atoms with Crippen LogP contribution < -0.4 is 5.56 Å². The van der Waals surface area contributed by atoms with Crippen LogP contribution in [0.15, 0.2) is 34.2 Å². The van der Waals surface area contributed by atoms with Gasteiger partial charge in [-0.15, -0.1) is 0 Å². The first-order chi connectivity index (χ1) is 13.4. The van der Waals surface area contributed by atoms with Crippen LogP contribution in [0.3, 0.4) is 0 Å². The van der Waals surface area contributed by atoms with Crippen molar-refractivity contribution in [3.05, 3.63) is 51.7 Å². The fourth-order valence-corrected chi connectivity index (χ4v) is 3.13. The number of hydrogen-bond donors (Lipinski definition) is 1. The Labute approximate surface area is 162 Å². The van der Waals surface area contributed by atoms with E-state index in [-0.39, 0.29) is 12.0 Å². The largest absolute Gasteiger partial charge is 0.469 e. The number of nitrogens with zero attached hydrogens (tertiary/aromatic N) is 4. The number of halogens is 1. The van der Waals surface area contributed by atoms with Gasteiger partial charge in [-0.2, -0.15) is 5.10 Å². The van der Waals surface area contributed by atoms with Crippen LogP contribution in [0.1, 0.15) is 18.2 Å². The molecule has 1 aromatic carbocycles. The van der Waals surface area contributed by atoms with Gasteiger partial charge in [0.25, 0.3) is 5.56 Å². The van der Waals surface area contributed by atoms with Crippen molar-refractivity contribution in [1.29, 1.82) is 0 Å². The first-order valence-electron chi connectivity index (χ1n) is 9.04. The molecule has 1 aliphatic heterocycles. The van der Waals surface area contributed by atoms with Gasteiger partial charge in [-0.3, -0.25) is 19.7 Å². The molecule has 28 heavy (non-hydrogen) atoms. The van der Waals surface area contributed by atoms with Crippen LogP contribution in [0.4, 0.5) is 4.39 Å². The minimum absolute atomic E-state index is 0.0924. The number of benzene rings is 1. The molecule has 0 atom stereocenters. The summed E-state index contributed by atoms with van der Waals surface area (Å²) < 4.78 is 19.3. The number of hydrazone groups is 1. The predicted octanol–water partition coefficient (Wildman–Crippen LogP) is 0.992. The Balaban J connectivity index is 2.01. The highest BCUT2D eigenvalue weighted by Crippen LogP contribution is 2.12. The number of piperazine rings is 1. The highest BCUT2D eigenvalue weighted by atomic mass is 19.1. The van der Waals surface area contributed by atoms with Crippen molar-refractivity contribution in [2.24, 2.45) is 5.10 Å². The summed E-state index contributed by atoms with van der Waals surface area (Å²) in [6, 6.07) is 5.53. The lowest BCUT2D eigenvalue weighted by Crippen LogP contribution is -2.42. The highest BCUT2D eigenvalue weighted by Gasteiger charge is 2.21. The van der Waals surface area contributed by atoms with Gasteiger partial charge in [0.2, 0.25) is 0 Å². The summed E-state index contributed by atoms with van der Waals surface area (Å²) in [4.78, 5) is 27.1. The molecule has 1 saturated heterocycles. The first kappa shape index (κ1) is 19.8. The highest BCUT2D eigenvalue weighted by molar-refractivity contribution is 6.00. The van der Waals surface area contributed by atoms with Crippen LogP contribution in [-0.2, 0) is 16.0 Å². The third-order valence-electron chi connectivity index (χ3n) is 4.73. The molecule has 2 heterocycles. The van der Waals surface area contributed by atoms with Gasteiger partial charge in [-0.25, -0.2) is 9.07 Å². The van der Waals surface area contributed by atoms with Crippen LogP contribution in [0, 0.1) is 5.82 Å². The zero-order valence-electron chi connectivity index (χ0n) is 16.2. The fourth-order valence-electron chi connectivity index (χ4n) is 3.13. The van der Waals surface area contributed by atoms with Gasteiger partial charge in [-0.1, -0.05) is 0 Å². The quantitative estimate of drug-likeness (QED) is 0.609. The summed E-state index contributed by atoms with van der Waals surface area (Å²) in [5.74, 6) is -0.868. The second kappa shape index (κ2) is 8.39. The van der Waals surface area contributed by atoms with E-state index in [0.29, 0.717) is 22.7 Å². The van der Waals surface area contributed by atoms with E-state index in [1.807, 2.05) is 5.01 Å². The van der Waals surface area contributed by atoms with E-state index in [2.05, 4.69) is 22.1 Å². The van der Waals surface area contributed by atoms with E-state index in [4.69, 9.17) is 4.74 Å². The van der Waals surface area contributed by atoms with E-state index in [1.165, 1.54) is 36.1 Å². The van der Waals surface area contributed by atoms with E-state index in [1.54, 1.807) is 6.92 Å². The average Bonchev–Trinajstić information content (AvgIpc) is 3.00. The Bertz CT molecular complexity index is 924. The van der Waals surface area contributed by atoms with Crippen LogP contribution in [0.5, 0.6) is 0 Å². The number of methoxy groups -OCH3 is 1. The van der Waals surface area contributed by atoms with Crippen LogP contribution in [0.2, 0.25) is 0 Å². The molecule has 1 aromatic heterocycles. The Hall–Kier alpha value is -2.94. The standard InChI is InChI=1S/C19H24FN5O3/c1-13(21-24-10-8-23(2)9-11-24)18-16(12-17(26)28-3)22-25(19(18)27)15-6-4-14(20)5-7-15/h4-7,22H,8-12H2,1-3H3/b21-13+. The normalized spacial score (nSPS) is 15.7. The zero-order valence-corrected chi connectivity index (χ0v) is 16.2. The number of esters is 1. The van der Waals surface area contributed by atoms with Crippen LogP contribution in [0.25, 0.3) is 5.69 Å². The van der Waals surface area contributed by atoms with Crippen molar-refractivity contribution in [1.82, 2.24) is 19.7 Å². The Morgan fingerprint density at radius 1 is 1.21 bits per heavy atom. The van der Waals surface area contributed by atoms with Crippen LogP contribution >= 0.6 is 0 Å². The molecule has 150 valence electrons. The summed E-state index contributed by atoms with van der Waals surface area (Å²) in [5, 5.41) is 9.47. The summed E-state index contributed by atoms with van der Waals surface area (Å²) >= 11 is 0. The number of aromatic nitrogens is 2. The Morgan fingerprint density at radius 2 is 1.86 bits per heavy atom. The van der Waals surface area contributed by atoms with Crippen molar-refractivity contribution < 1.29 is 13.9 Å². The topological polar surface area (TPSA) is 82.9 Å². The van der Waals surface area contributed by atoms with Gasteiger partial charge in [0.05, 0.1) is 36.2 Å². The lowest BCUT2D eigenvalue weighted by atomic mass is 10.1. The van der Waals surface area contributed by atoms with E-state index in [9.17, 15) is 14.0 Å². The molecule has 0 radical (unpaired) electrons. The van der Waals surface area contributed by atoms with E-state index >= 15 is 0 Å². The molecule has 1 aliphatic rings. The molecule has 0 bridgehead atoms. The number of nitrogens with one attached hydrogen (secondary N) is 1. The lowest BCUT2D eigenvalue weighted by Gasteiger charge is -2.30. The average molecular weight is 389 g/mol. The SMILES string of the molecule is COC(=O)Cc1[nH]n(-c2ccc(F)cc2)c(=O)c1/C(C)=N/N1CCN(C)CC1. The number of carbonyl (C=O) groups is 1. The number of carbonyl (C=O) groups excluding carboxylic acids is 1. The van der Waals surface area contributed by atoms with Gasteiger partial charge < -0.3 is 9.64 Å². The number of hydrogen-bond acceptors (Lipinski definition) is 6. The van der Waals surface area contributed by atoms with Gasteiger partial charge in [-0.05, 0) is 38.2 Å². The second-order valence-electron chi connectivity index (χ2n) is 6.78. The van der Waals surface area contributed by atoms with Crippen molar-refractivity contribution in [2.75, 3.05) is 40.3 Å². The van der Waals surface area contributed by atoms with Crippen molar-refractivity contribution in [2.45, 2.75) is 13.3 Å². The molecule has 0 spiro atoms. The molecule has 0 aliphatic carbocycles. The van der Waals surface area contributed by atoms with E-state index in [0.717, 1.165) is 26.2 Å². The number of H-pyrrole nitrogens is 1. The second-order valence-corrected chi connectivity index (χ2v) is 6.78. The predicted molar refractivity (Wildman–Crippen MR) is 103 cm³/mol. The molecule has 1 N–H and O–H groups in total. The van der Waals surface area contributed by atoms with Gasteiger partial charge in [0.15, 0.2) is 0 Å². The Morgan fingerprint density at radius 3 is 2.46 bits per heavy atom. The summed E-state index contributed by atoms with van der Waals surface area (Å²) in [7, 11) is 3.35. The monoisotopic (exact) mass is 389 g/mol. The molecule has 1 fully saturated rings. The maximum Gasteiger partial charge on any atom is 0.311 e. The maximum atomic E-state index is 13.2. The molecule has 0 unspecified atom stereocenters. The molecular formula is C19H24FN5O3. The first-order valence-corrected chi connectivity index (χ1v) is 9.04.